The molecule has 2 aromatic carbocycles. The minimum atomic E-state index is 0.601. The topological polar surface area (TPSA) is 25.4 Å². The zero-order valence-corrected chi connectivity index (χ0v) is 12.1. The van der Waals surface area contributed by atoms with Crippen molar-refractivity contribution in [3.05, 3.63) is 48.0 Å². The Labute approximate surface area is 118 Å². The Morgan fingerprint density at radius 3 is 2.65 bits per heavy atom. The normalized spacial score (nSPS) is 11.2. The molecule has 0 unspecified atom stereocenters. The molecule has 3 rings (SSSR count). The van der Waals surface area contributed by atoms with Gasteiger partial charge in [-0.1, -0.05) is 24.3 Å². The van der Waals surface area contributed by atoms with Crippen molar-refractivity contribution in [1.29, 1.82) is 0 Å². The number of aromatic nitrogens is 1. The molecule has 0 radical (unpaired) electrons. The Balaban J connectivity index is 2.39. The van der Waals surface area contributed by atoms with Gasteiger partial charge in [0, 0.05) is 32.0 Å². The second-order valence-corrected chi connectivity index (χ2v) is 5.15. The van der Waals surface area contributed by atoms with Crippen molar-refractivity contribution < 1.29 is 4.74 Å². The first-order chi connectivity index (χ1) is 9.70. The van der Waals surface area contributed by atoms with Crippen molar-refractivity contribution in [3.8, 4) is 0 Å². The lowest BCUT2D eigenvalue weighted by molar-refractivity contribution is 0.186. The highest BCUT2D eigenvalue weighted by Crippen LogP contribution is 2.30. The van der Waals surface area contributed by atoms with Gasteiger partial charge in [-0.3, -0.25) is 0 Å². The minimum absolute atomic E-state index is 0.601. The van der Waals surface area contributed by atoms with Gasteiger partial charge < -0.3 is 9.64 Å². The summed E-state index contributed by atoms with van der Waals surface area (Å²) in [7, 11) is 5.81. The van der Waals surface area contributed by atoms with Crippen molar-refractivity contribution >= 4 is 27.5 Å². The third-order valence-corrected chi connectivity index (χ3v) is 3.54. The van der Waals surface area contributed by atoms with Crippen LogP contribution in [0.4, 0.5) is 5.69 Å². The van der Waals surface area contributed by atoms with Crippen LogP contribution >= 0.6 is 0 Å². The Morgan fingerprint density at radius 2 is 1.90 bits per heavy atom. The first kappa shape index (κ1) is 12.9. The summed E-state index contributed by atoms with van der Waals surface area (Å²) in [6, 6.07) is 14.7. The molecule has 0 aliphatic rings. The fraction of sp³-hybridized carbons (Fsp3) is 0.235. The first-order valence-electron chi connectivity index (χ1n) is 6.68. The monoisotopic (exact) mass is 266 g/mol. The van der Waals surface area contributed by atoms with E-state index in [1.165, 1.54) is 5.56 Å². The predicted octanol–water partition coefficient (Wildman–Crippen LogP) is 3.60. The highest BCUT2D eigenvalue weighted by Gasteiger charge is 2.10. The quantitative estimate of drug-likeness (QED) is 0.677. The fourth-order valence-electron chi connectivity index (χ4n) is 2.55. The maximum absolute atomic E-state index is 5.31. The van der Waals surface area contributed by atoms with E-state index in [1.54, 1.807) is 7.11 Å². The van der Waals surface area contributed by atoms with Crippen LogP contribution in [0.3, 0.4) is 0 Å². The largest absolute Gasteiger partial charge is 0.380 e. The Bertz CT molecular complexity index is 765. The first-order valence-corrected chi connectivity index (χ1v) is 6.68. The van der Waals surface area contributed by atoms with E-state index in [9.17, 15) is 0 Å². The van der Waals surface area contributed by atoms with Crippen molar-refractivity contribution in [3.63, 3.8) is 0 Å². The molecular formula is C17H18N2O. The molecule has 102 valence electrons. The molecule has 0 bridgehead atoms. The van der Waals surface area contributed by atoms with Crippen LogP contribution in [0.2, 0.25) is 0 Å². The number of nitrogens with zero attached hydrogens (tertiary/aromatic N) is 2. The third kappa shape index (κ3) is 2.10. The second-order valence-electron chi connectivity index (χ2n) is 5.15. The van der Waals surface area contributed by atoms with Gasteiger partial charge in [0.1, 0.15) is 0 Å². The van der Waals surface area contributed by atoms with E-state index in [0.717, 1.165) is 27.5 Å². The average Bonchev–Trinajstić information content (AvgIpc) is 2.45. The van der Waals surface area contributed by atoms with Crippen LogP contribution in [0.15, 0.2) is 42.5 Å². The molecule has 0 aliphatic heterocycles. The molecule has 0 aliphatic carbocycles. The number of pyridine rings is 1. The van der Waals surface area contributed by atoms with Gasteiger partial charge in [-0.2, -0.15) is 0 Å². The molecule has 0 saturated heterocycles. The van der Waals surface area contributed by atoms with Gasteiger partial charge in [0.05, 0.1) is 23.3 Å². The molecule has 0 saturated carbocycles. The molecule has 0 spiro atoms. The lowest BCUT2D eigenvalue weighted by Crippen LogP contribution is -2.10. The van der Waals surface area contributed by atoms with Crippen LogP contribution < -0.4 is 4.90 Å². The third-order valence-electron chi connectivity index (χ3n) is 3.54. The summed E-state index contributed by atoms with van der Waals surface area (Å²) in [5, 5.41) is 2.32. The van der Waals surface area contributed by atoms with Crippen LogP contribution in [-0.4, -0.2) is 26.2 Å². The minimum Gasteiger partial charge on any atom is -0.380 e. The molecule has 0 fully saturated rings. The van der Waals surface area contributed by atoms with Crippen LogP contribution in [0.25, 0.3) is 21.8 Å². The van der Waals surface area contributed by atoms with Gasteiger partial charge >= 0.3 is 0 Å². The molecule has 0 N–H and O–H groups in total. The summed E-state index contributed by atoms with van der Waals surface area (Å²) < 4.78 is 5.31. The predicted molar refractivity (Wildman–Crippen MR) is 84.3 cm³/mol. The maximum atomic E-state index is 5.31. The molecule has 1 aromatic heterocycles. The number of hydrogen-bond acceptors (Lipinski definition) is 3. The number of benzene rings is 2. The van der Waals surface area contributed by atoms with E-state index in [0.29, 0.717) is 6.61 Å². The molecule has 20 heavy (non-hydrogen) atoms. The number of para-hydroxylation sites is 1. The number of fused-ring (bicyclic) bond motifs is 2. The van der Waals surface area contributed by atoms with Gasteiger partial charge in [-0.25, -0.2) is 4.98 Å². The van der Waals surface area contributed by atoms with Gasteiger partial charge in [-0.05, 0) is 23.8 Å². The van der Waals surface area contributed by atoms with Crippen molar-refractivity contribution in [1.82, 2.24) is 4.98 Å². The maximum Gasteiger partial charge on any atom is 0.0946 e. The Kier molecular flexibility index (Phi) is 3.28. The van der Waals surface area contributed by atoms with Crippen LogP contribution in [0.1, 0.15) is 5.56 Å². The van der Waals surface area contributed by atoms with Gasteiger partial charge in [0.15, 0.2) is 0 Å². The highest BCUT2D eigenvalue weighted by atomic mass is 16.5. The molecule has 3 aromatic rings. The highest BCUT2D eigenvalue weighted by molar-refractivity contribution is 6.00. The van der Waals surface area contributed by atoms with Gasteiger partial charge in [-0.15, -0.1) is 0 Å². The van der Waals surface area contributed by atoms with E-state index in [2.05, 4.69) is 35.2 Å². The van der Waals surface area contributed by atoms with E-state index in [-0.39, 0.29) is 0 Å². The van der Waals surface area contributed by atoms with Crippen LogP contribution in [-0.2, 0) is 11.3 Å². The number of methoxy groups -OCH3 is 1. The smallest absolute Gasteiger partial charge is 0.0946 e. The summed E-state index contributed by atoms with van der Waals surface area (Å²) in [6.07, 6.45) is 0. The van der Waals surface area contributed by atoms with E-state index < -0.39 is 0 Å². The fourth-order valence-corrected chi connectivity index (χ4v) is 2.55. The SMILES string of the molecule is COCc1ccc(N(C)C)c2nc3ccccc3cc12. The standard InChI is InChI=1S/C17H18N2O/c1-19(2)16-9-8-13(11-20-3)14-10-12-6-4-5-7-15(12)18-17(14)16/h4-10H,11H2,1-3H3. The van der Waals surface area contributed by atoms with Gasteiger partial charge in [0.2, 0.25) is 0 Å². The zero-order chi connectivity index (χ0) is 14.1. The van der Waals surface area contributed by atoms with E-state index in [4.69, 9.17) is 9.72 Å². The molecule has 1 heterocycles. The molecule has 3 nitrogen and oxygen atoms in total. The number of anilines is 1. The molecule has 3 heteroatoms. The lowest BCUT2D eigenvalue weighted by atomic mass is 10.0. The Morgan fingerprint density at radius 1 is 1.10 bits per heavy atom. The Hall–Kier alpha value is -2.13. The van der Waals surface area contributed by atoms with Crippen molar-refractivity contribution in [2.24, 2.45) is 0 Å². The van der Waals surface area contributed by atoms with Crippen molar-refractivity contribution in [2.75, 3.05) is 26.1 Å². The summed E-state index contributed by atoms with van der Waals surface area (Å²) >= 11 is 0. The number of hydrogen-bond donors (Lipinski definition) is 0. The lowest BCUT2D eigenvalue weighted by Gasteiger charge is -2.17. The number of ether oxygens (including phenoxy) is 1. The molecule has 0 amide bonds. The average molecular weight is 266 g/mol. The van der Waals surface area contributed by atoms with Crippen molar-refractivity contribution in [2.45, 2.75) is 6.61 Å². The summed E-state index contributed by atoms with van der Waals surface area (Å²) in [4.78, 5) is 6.94. The van der Waals surface area contributed by atoms with Crippen LogP contribution in [0, 0.1) is 0 Å². The second kappa shape index (κ2) is 5.10. The van der Waals surface area contributed by atoms with Gasteiger partial charge in [0.25, 0.3) is 0 Å². The van der Waals surface area contributed by atoms with E-state index in [1.807, 2.05) is 26.2 Å². The van der Waals surface area contributed by atoms with E-state index >= 15 is 0 Å². The molecule has 0 atom stereocenters. The summed E-state index contributed by atoms with van der Waals surface area (Å²) in [5.41, 5.74) is 4.36. The molecular weight excluding hydrogens is 248 g/mol. The summed E-state index contributed by atoms with van der Waals surface area (Å²) in [6.45, 7) is 0.601. The zero-order valence-electron chi connectivity index (χ0n) is 12.1. The summed E-state index contributed by atoms with van der Waals surface area (Å²) in [5.74, 6) is 0. The number of rotatable bonds is 3. The van der Waals surface area contributed by atoms with Crippen LogP contribution in [0.5, 0.6) is 0 Å².